The SMILES string of the molecule is [C-]#[N+]c1ccc(C(F)(F)F)cc1NC(=O)[C@@H]1[C@@H](c2cc(C(F)(F)F)nn2C)[C@H]2O[C@@H]1C[C@@H]2O.[C-]#[N+]c1ccc(C(F)(F)F)cc1NC(=O)[C@H]1[C@H](c2cc(C(F)(F)F)nn2C)[C@@H]2O[C@H]1C[C@H]2O. The first-order valence-electron chi connectivity index (χ1n) is 19.3. The quantitative estimate of drug-likeness (QED) is 0.113. The van der Waals surface area contributed by atoms with E-state index in [4.69, 9.17) is 22.6 Å². The Balaban J connectivity index is 0.000000196. The van der Waals surface area contributed by atoms with E-state index in [2.05, 4.69) is 30.5 Å². The third-order valence-corrected chi connectivity index (χ3v) is 11.8. The largest absolute Gasteiger partial charge is 0.435 e. The number of halogens is 12. The minimum absolute atomic E-state index is 0.0110. The van der Waals surface area contributed by atoms with E-state index < -0.39 is 119 Å². The van der Waals surface area contributed by atoms with E-state index in [9.17, 15) is 72.5 Å². The summed E-state index contributed by atoms with van der Waals surface area (Å²) in [5, 5.41) is 32.0. The number of amides is 2. The van der Waals surface area contributed by atoms with Gasteiger partial charge in [-0.3, -0.25) is 19.0 Å². The van der Waals surface area contributed by atoms with Gasteiger partial charge in [-0.1, -0.05) is 24.3 Å². The van der Waals surface area contributed by atoms with Crippen molar-refractivity contribution in [3.63, 3.8) is 0 Å². The molecule has 2 aromatic carbocycles. The van der Waals surface area contributed by atoms with E-state index in [1.165, 1.54) is 14.1 Å². The number of hydrogen-bond donors (Lipinski definition) is 4. The van der Waals surface area contributed by atoms with Gasteiger partial charge in [-0.25, -0.2) is 9.69 Å². The van der Waals surface area contributed by atoms with Crippen LogP contribution in [0, 0.1) is 25.0 Å². The lowest BCUT2D eigenvalue weighted by molar-refractivity contribution is -0.142. The number of aliphatic hydroxyl groups is 2. The molecule has 0 aliphatic carbocycles. The Morgan fingerprint density at radius 1 is 0.621 bits per heavy atom. The first-order chi connectivity index (χ1) is 30.6. The van der Waals surface area contributed by atoms with Gasteiger partial charge in [0.1, 0.15) is 0 Å². The summed E-state index contributed by atoms with van der Waals surface area (Å²) in [6, 6.07) is 6.01. The molecule has 8 rings (SSSR count). The normalized spacial score (nSPS) is 26.9. The summed E-state index contributed by atoms with van der Waals surface area (Å²) < 4.78 is 171. The lowest BCUT2D eigenvalue weighted by Crippen LogP contribution is -2.41. The minimum atomic E-state index is -4.74. The summed E-state index contributed by atoms with van der Waals surface area (Å²) >= 11 is 0. The highest BCUT2D eigenvalue weighted by molar-refractivity contribution is 5.98. The van der Waals surface area contributed by atoms with E-state index in [1.807, 2.05) is 0 Å². The molecule has 4 aliphatic heterocycles. The number of anilines is 2. The average Bonchev–Trinajstić information content (AvgIpc) is 4.07. The van der Waals surface area contributed by atoms with Crippen molar-refractivity contribution in [1.29, 1.82) is 0 Å². The number of hydrogen-bond acceptors (Lipinski definition) is 8. The number of benzene rings is 2. The van der Waals surface area contributed by atoms with Crippen LogP contribution in [0.3, 0.4) is 0 Å². The van der Waals surface area contributed by atoms with Gasteiger partial charge < -0.3 is 30.3 Å². The highest BCUT2D eigenvalue weighted by Crippen LogP contribution is 2.52. The number of aliphatic hydroxyl groups excluding tert-OH is 2. The van der Waals surface area contributed by atoms with Crippen LogP contribution in [0.5, 0.6) is 0 Å². The van der Waals surface area contributed by atoms with Gasteiger partial charge in [-0.2, -0.15) is 62.9 Å². The molecule has 352 valence electrons. The molecule has 14 nitrogen and oxygen atoms in total. The molecule has 0 unspecified atom stereocenters. The predicted molar refractivity (Wildman–Crippen MR) is 200 cm³/mol. The van der Waals surface area contributed by atoms with E-state index in [1.54, 1.807) is 0 Å². The predicted octanol–water partition coefficient (Wildman–Crippen LogP) is 7.76. The molecule has 0 saturated carbocycles. The molecule has 6 heterocycles. The molecule has 0 spiro atoms. The average molecular weight is 949 g/mol. The molecule has 4 aliphatic rings. The zero-order valence-corrected chi connectivity index (χ0v) is 33.6. The highest BCUT2D eigenvalue weighted by Gasteiger charge is 2.60. The molecular formula is C40H32F12N8O6. The van der Waals surface area contributed by atoms with Crippen molar-refractivity contribution in [1.82, 2.24) is 19.6 Å². The molecule has 26 heteroatoms. The second-order valence-corrected chi connectivity index (χ2v) is 15.8. The van der Waals surface area contributed by atoms with Crippen LogP contribution in [0.1, 0.15) is 58.6 Å². The van der Waals surface area contributed by atoms with Crippen molar-refractivity contribution in [3.05, 3.63) is 105 Å². The Hall–Kier alpha value is -6.22. The topological polar surface area (TPSA) is 161 Å². The van der Waals surface area contributed by atoms with Crippen LogP contribution < -0.4 is 10.6 Å². The van der Waals surface area contributed by atoms with Crippen LogP contribution in [0.2, 0.25) is 0 Å². The van der Waals surface area contributed by atoms with Crippen LogP contribution in [0.4, 0.5) is 75.4 Å². The third kappa shape index (κ3) is 9.01. The second kappa shape index (κ2) is 16.9. The standard InChI is InChI=1S/2C20H16F6N4O3/c2*1-27-9-4-3-8(19(21,22)23)5-10(9)28-18(32)16-13-7-12(31)17(33-13)15(16)11-6-14(20(24,25)26)29-30(11)2/h2*3-6,12-13,15-17,31H,7H2,2H3,(H,28,32)/t2*12-,13+,15+,16-,17-/m10/s1. The fourth-order valence-corrected chi connectivity index (χ4v) is 8.91. The van der Waals surface area contributed by atoms with Crippen molar-refractivity contribution in [2.24, 2.45) is 25.9 Å². The summed E-state index contributed by atoms with van der Waals surface area (Å²) in [5.74, 6) is -5.98. The number of ether oxygens (including phenoxy) is 2. The molecule has 0 radical (unpaired) electrons. The van der Waals surface area contributed by atoms with Crippen molar-refractivity contribution < 1.29 is 82.0 Å². The maximum Gasteiger partial charge on any atom is 0.435 e. The first-order valence-corrected chi connectivity index (χ1v) is 19.3. The highest BCUT2D eigenvalue weighted by atomic mass is 19.4. The van der Waals surface area contributed by atoms with Crippen LogP contribution in [-0.2, 0) is 57.9 Å². The number of aromatic nitrogens is 4. The number of aryl methyl sites for hydroxylation is 2. The molecule has 4 bridgehead atoms. The number of fused-ring (bicyclic) bond motifs is 4. The minimum Gasteiger partial charge on any atom is -0.390 e. The van der Waals surface area contributed by atoms with E-state index in [0.717, 1.165) is 33.6 Å². The number of nitrogens with one attached hydrogen (secondary N) is 2. The Morgan fingerprint density at radius 2 is 0.970 bits per heavy atom. The van der Waals surface area contributed by atoms with Crippen molar-refractivity contribution >= 4 is 34.6 Å². The molecular weight excluding hydrogens is 916 g/mol. The van der Waals surface area contributed by atoms with Crippen molar-refractivity contribution in [3.8, 4) is 0 Å². The fourth-order valence-electron chi connectivity index (χ4n) is 8.91. The number of carbonyl (C=O) groups is 2. The second-order valence-electron chi connectivity index (χ2n) is 15.8. The fraction of sp³-hybridized carbons (Fsp3) is 0.450. The summed E-state index contributed by atoms with van der Waals surface area (Å²) in [6.45, 7) is 14.3. The molecule has 4 N–H and O–H groups in total. The molecule has 66 heavy (non-hydrogen) atoms. The van der Waals surface area contributed by atoms with E-state index in [0.29, 0.717) is 24.3 Å². The lowest BCUT2D eigenvalue weighted by atomic mass is 9.75. The van der Waals surface area contributed by atoms with Gasteiger partial charge in [-0.05, 0) is 24.3 Å². The number of rotatable bonds is 6. The summed E-state index contributed by atoms with van der Waals surface area (Å²) in [7, 11) is 2.50. The Kier molecular flexibility index (Phi) is 12.2. The smallest absolute Gasteiger partial charge is 0.390 e. The van der Waals surface area contributed by atoms with Gasteiger partial charge in [0.2, 0.25) is 23.2 Å². The van der Waals surface area contributed by atoms with Crippen molar-refractivity contribution in [2.45, 2.75) is 86.0 Å². The Morgan fingerprint density at radius 3 is 1.26 bits per heavy atom. The molecule has 4 saturated heterocycles. The van der Waals surface area contributed by atoms with Gasteiger partial charge in [0.25, 0.3) is 0 Å². The monoisotopic (exact) mass is 948 g/mol. The molecule has 4 aromatic rings. The van der Waals surface area contributed by atoms with Crippen molar-refractivity contribution in [2.75, 3.05) is 10.6 Å². The summed E-state index contributed by atoms with van der Waals surface area (Å²) in [5.41, 5.74) is -5.80. The van der Waals surface area contributed by atoms with Gasteiger partial charge in [-0.15, -0.1) is 0 Å². The van der Waals surface area contributed by atoms with Crippen LogP contribution in [0.15, 0.2) is 48.5 Å². The van der Waals surface area contributed by atoms with Crippen LogP contribution >= 0.6 is 0 Å². The van der Waals surface area contributed by atoms with Gasteiger partial charge >= 0.3 is 24.7 Å². The lowest BCUT2D eigenvalue weighted by Gasteiger charge is -2.30. The van der Waals surface area contributed by atoms with Gasteiger partial charge in [0.05, 0.1) is 72.7 Å². The molecule has 10 atom stereocenters. The van der Waals surface area contributed by atoms with Crippen LogP contribution in [0.25, 0.3) is 9.69 Å². The first kappa shape index (κ1) is 47.7. The maximum atomic E-state index is 13.1. The molecule has 2 amide bonds. The summed E-state index contributed by atoms with van der Waals surface area (Å²) in [4.78, 5) is 32.5. The zero-order chi connectivity index (χ0) is 48.6. The maximum absolute atomic E-state index is 13.1. The zero-order valence-electron chi connectivity index (χ0n) is 33.6. The summed E-state index contributed by atoms with van der Waals surface area (Å²) in [6.07, 6.45) is -24.7. The Bertz CT molecular complexity index is 2450. The number of alkyl halides is 12. The molecule has 2 aromatic heterocycles. The van der Waals surface area contributed by atoms with E-state index >= 15 is 0 Å². The number of carbonyl (C=O) groups excluding carboxylic acids is 2. The van der Waals surface area contributed by atoms with Gasteiger partial charge in [0.15, 0.2) is 11.4 Å². The van der Waals surface area contributed by atoms with Gasteiger partial charge in [0, 0.05) is 61.5 Å². The molecule has 4 fully saturated rings. The Labute approximate surface area is 363 Å². The van der Waals surface area contributed by atoms with Crippen LogP contribution in [-0.4, -0.2) is 78.2 Å². The number of nitrogens with zero attached hydrogens (tertiary/aromatic N) is 6. The van der Waals surface area contributed by atoms with E-state index in [-0.39, 0.29) is 47.0 Å². The third-order valence-electron chi connectivity index (χ3n) is 11.8.